The lowest BCUT2D eigenvalue weighted by Crippen LogP contribution is -2.54. The predicted octanol–water partition coefficient (Wildman–Crippen LogP) is 7.96. The number of carbonyl (C=O) groups excluding carboxylic acids is 3. The topological polar surface area (TPSA) is 90.9 Å². The number of allylic oxidation sites excluding steroid dienone is 2. The SMILES string of the molecule is C/C=C/C(=O)C[C@@H]1CC[C@@H](C)[C@H](CC(=O)NC[C@H](O[Si](C)(C)C(C)(C)C)[C@H](C)C(=O)O[Si](C(C)C)(C(C)C)C(C)C)O1. The Hall–Kier alpha value is -1.30. The minimum absolute atomic E-state index is 0.0474. The zero-order valence-electron chi connectivity index (χ0n) is 29.3. The number of carbonyl (C=O) groups is 3. The third-order valence-corrected chi connectivity index (χ3v) is 20.3. The summed E-state index contributed by atoms with van der Waals surface area (Å²) in [6.07, 6.45) is 4.69. The van der Waals surface area contributed by atoms with Crippen molar-refractivity contribution in [2.24, 2.45) is 11.8 Å². The van der Waals surface area contributed by atoms with Crippen LogP contribution in [-0.4, -0.2) is 59.2 Å². The van der Waals surface area contributed by atoms with Gasteiger partial charge in [-0.3, -0.25) is 14.4 Å². The molecule has 0 unspecified atom stereocenters. The lowest BCUT2D eigenvalue weighted by molar-refractivity contribution is -0.144. The Balaban J connectivity index is 3.09. The summed E-state index contributed by atoms with van der Waals surface area (Å²) in [4.78, 5) is 39.1. The van der Waals surface area contributed by atoms with Crippen LogP contribution in [0, 0.1) is 11.8 Å². The molecule has 1 aliphatic heterocycles. The van der Waals surface area contributed by atoms with Crippen LogP contribution in [0.1, 0.15) is 109 Å². The van der Waals surface area contributed by atoms with E-state index < -0.39 is 28.7 Å². The third-order valence-electron chi connectivity index (χ3n) is 9.78. The molecule has 0 aromatic rings. The van der Waals surface area contributed by atoms with Crippen LogP contribution in [0.15, 0.2) is 12.2 Å². The van der Waals surface area contributed by atoms with Crippen molar-refractivity contribution in [3.8, 4) is 0 Å². The quantitative estimate of drug-likeness (QED) is 0.147. The van der Waals surface area contributed by atoms with E-state index in [0.29, 0.717) is 6.42 Å². The second kappa shape index (κ2) is 16.1. The monoisotopic (exact) mass is 625 g/mol. The molecule has 1 fully saturated rings. The van der Waals surface area contributed by atoms with Gasteiger partial charge in [-0.25, -0.2) is 0 Å². The zero-order chi connectivity index (χ0) is 32.6. The summed E-state index contributed by atoms with van der Waals surface area (Å²) in [5.41, 5.74) is 0.841. The minimum atomic E-state index is -2.43. The molecule has 0 radical (unpaired) electrons. The fourth-order valence-corrected chi connectivity index (χ4v) is 12.7. The van der Waals surface area contributed by atoms with Crippen molar-refractivity contribution in [3.05, 3.63) is 12.2 Å². The fraction of sp³-hybridized carbons (Fsp3) is 0.848. The molecule has 1 heterocycles. The molecule has 0 aromatic carbocycles. The highest BCUT2D eigenvalue weighted by Gasteiger charge is 2.50. The number of ketones is 1. The minimum Gasteiger partial charge on any atom is -0.518 e. The number of hydrogen-bond acceptors (Lipinski definition) is 6. The Morgan fingerprint density at radius 3 is 1.98 bits per heavy atom. The van der Waals surface area contributed by atoms with E-state index in [9.17, 15) is 14.4 Å². The first-order valence-electron chi connectivity index (χ1n) is 16.2. The van der Waals surface area contributed by atoms with Gasteiger partial charge in [0, 0.05) is 13.0 Å². The molecule has 0 bridgehead atoms. The molecular weight excluding hydrogens is 563 g/mol. The second-order valence-corrected chi connectivity index (χ2v) is 25.1. The lowest BCUT2D eigenvalue weighted by Gasteiger charge is -2.44. The largest absolute Gasteiger partial charge is 0.518 e. The number of ether oxygens (including phenoxy) is 1. The van der Waals surface area contributed by atoms with Crippen molar-refractivity contribution < 1.29 is 28.0 Å². The number of nitrogens with one attached hydrogen (secondary N) is 1. The molecule has 0 spiro atoms. The smallest absolute Gasteiger partial charge is 0.298 e. The molecule has 1 saturated heterocycles. The molecule has 0 aliphatic carbocycles. The van der Waals surface area contributed by atoms with E-state index in [-0.39, 0.29) is 70.4 Å². The normalized spacial score (nSPS) is 22.1. The Labute approximate surface area is 259 Å². The molecule has 1 rings (SSSR count). The highest BCUT2D eigenvalue weighted by atomic mass is 28.4. The number of hydrogen-bond donors (Lipinski definition) is 1. The van der Waals surface area contributed by atoms with Gasteiger partial charge < -0.3 is 18.9 Å². The van der Waals surface area contributed by atoms with Crippen LogP contribution in [0.2, 0.25) is 34.8 Å². The summed E-state index contributed by atoms with van der Waals surface area (Å²) in [5.74, 6) is -0.626. The van der Waals surface area contributed by atoms with Crippen molar-refractivity contribution in [1.82, 2.24) is 5.32 Å². The van der Waals surface area contributed by atoms with Crippen molar-refractivity contribution in [3.63, 3.8) is 0 Å². The van der Waals surface area contributed by atoms with Gasteiger partial charge in [0.2, 0.25) is 5.91 Å². The molecule has 0 saturated carbocycles. The van der Waals surface area contributed by atoms with Crippen molar-refractivity contribution in [2.45, 2.75) is 162 Å². The van der Waals surface area contributed by atoms with Gasteiger partial charge in [0.15, 0.2) is 14.1 Å². The summed E-state index contributed by atoms with van der Waals surface area (Å²) in [6, 6.07) is 0. The predicted molar refractivity (Wildman–Crippen MR) is 177 cm³/mol. The van der Waals surface area contributed by atoms with E-state index in [4.69, 9.17) is 13.6 Å². The van der Waals surface area contributed by atoms with E-state index in [1.54, 1.807) is 12.2 Å². The van der Waals surface area contributed by atoms with Gasteiger partial charge in [-0.2, -0.15) is 0 Å². The maximum Gasteiger partial charge on any atom is 0.298 e. The molecule has 1 aliphatic rings. The third kappa shape index (κ3) is 10.4. The summed E-state index contributed by atoms with van der Waals surface area (Å²) in [5, 5.41) is 3.01. The molecule has 5 atom stereocenters. The molecule has 1 N–H and O–H groups in total. The van der Waals surface area contributed by atoms with Gasteiger partial charge in [-0.15, -0.1) is 0 Å². The summed E-state index contributed by atoms with van der Waals surface area (Å²) >= 11 is 0. The Morgan fingerprint density at radius 2 is 1.50 bits per heavy atom. The lowest BCUT2D eigenvalue weighted by atomic mass is 9.90. The van der Waals surface area contributed by atoms with Crippen LogP contribution in [0.3, 0.4) is 0 Å². The number of rotatable bonds is 15. The highest BCUT2D eigenvalue weighted by Crippen LogP contribution is 2.43. The Morgan fingerprint density at radius 1 is 0.952 bits per heavy atom. The zero-order valence-corrected chi connectivity index (χ0v) is 31.3. The van der Waals surface area contributed by atoms with Crippen molar-refractivity contribution >= 4 is 34.3 Å². The first-order valence-corrected chi connectivity index (χ1v) is 21.2. The first-order chi connectivity index (χ1) is 19.2. The summed E-state index contributed by atoms with van der Waals surface area (Å²) in [7, 11) is -4.69. The maximum atomic E-state index is 13.8. The molecule has 42 heavy (non-hydrogen) atoms. The average Bonchev–Trinajstić information content (AvgIpc) is 2.85. The van der Waals surface area contributed by atoms with Gasteiger partial charge >= 0.3 is 0 Å². The van der Waals surface area contributed by atoms with Crippen LogP contribution in [0.25, 0.3) is 0 Å². The Bertz CT molecular complexity index is 902. The Kier molecular flexibility index (Phi) is 14.9. The average molecular weight is 626 g/mol. The van der Waals surface area contributed by atoms with Crippen LogP contribution in [0.5, 0.6) is 0 Å². The second-order valence-electron chi connectivity index (χ2n) is 15.0. The molecular formula is C33H63NO6Si2. The van der Waals surface area contributed by atoms with Crippen LogP contribution in [0.4, 0.5) is 0 Å². The summed E-state index contributed by atoms with van der Waals surface area (Å²) in [6.45, 7) is 29.9. The highest BCUT2D eigenvalue weighted by molar-refractivity contribution is 6.79. The van der Waals surface area contributed by atoms with E-state index in [2.05, 4.69) is 87.6 Å². The van der Waals surface area contributed by atoms with Gasteiger partial charge in [-0.1, -0.05) is 75.3 Å². The van der Waals surface area contributed by atoms with Gasteiger partial charge in [0.05, 0.1) is 30.7 Å². The van der Waals surface area contributed by atoms with E-state index in [1.807, 2.05) is 13.8 Å². The summed E-state index contributed by atoms with van der Waals surface area (Å²) < 4.78 is 19.5. The van der Waals surface area contributed by atoms with Crippen LogP contribution >= 0.6 is 0 Å². The first kappa shape index (κ1) is 38.7. The van der Waals surface area contributed by atoms with Crippen molar-refractivity contribution in [1.29, 1.82) is 0 Å². The van der Waals surface area contributed by atoms with Crippen LogP contribution in [-0.2, 0) is 28.0 Å². The van der Waals surface area contributed by atoms with Crippen molar-refractivity contribution in [2.75, 3.05) is 6.54 Å². The molecule has 1 amide bonds. The molecule has 7 nitrogen and oxygen atoms in total. The molecule has 9 heteroatoms. The number of amides is 1. The van der Waals surface area contributed by atoms with E-state index >= 15 is 0 Å². The van der Waals surface area contributed by atoms with Gasteiger partial charge in [-0.05, 0) is 73.4 Å². The van der Waals surface area contributed by atoms with E-state index in [0.717, 1.165) is 12.8 Å². The fourth-order valence-electron chi connectivity index (χ4n) is 6.08. The van der Waals surface area contributed by atoms with E-state index in [1.165, 1.54) is 0 Å². The standard InChI is InChI=1S/C33H63NO6Si2/c1-15-16-27(35)19-28-18-17-25(8)29(38-28)20-31(36)34-21-30(39-41(13,14)33(10,11)12)26(9)32(37)40-42(22(2)3,23(4)5)24(6)7/h15-16,22-26,28-30H,17-21H2,1-14H3,(H,34,36)/b16-15+/t25-,26+,28+,29+,30+/m1/s1. The van der Waals surface area contributed by atoms with Crippen LogP contribution < -0.4 is 5.32 Å². The maximum absolute atomic E-state index is 13.8. The van der Waals surface area contributed by atoms with Gasteiger partial charge in [0.1, 0.15) is 0 Å². The molecule has 0 aromatic heterocycles. The molecule has 244 valence electrons. The van der Waals surface area contributed by atoms with Gasteiger partial charge in [0.25, 0.3) is 14.3 Å².